The van der Waals surface area contributed by atoms with Gasteiger partial charge in [-0.2, -0.15) is 11.3 Å². The van der Waals surface area contributed by atoms with Crippen molar-refractivity contribution < 1.29 is 24.2 Å². The first-order chi connectivity index (χ1) is 36.2. The number of aromatic nitrogens is 4. The fourth-order valence-electron chi connectivity index (χ4n) is 10.4. The Morgan fingerprint density at radius 1 is 0.479 bits per heavy atom. The van der Waals surface area contributed by atoms with Crippen molar-refractivity contribution in [3.63, 3.8) is 0 Å². The number of fused-ring (bicyclic) bond motifs is 6. The van der Waals surface area contributed by atoms with Crippen LogP contribution in [0.3, 0.4) is 0 Å². The third-order valence-corrected chi connectivity index (χ3v) is 15.2. The molecule has 6 heteroatoms. The van der Waals surface area contributed by atoms with E-state index in [-0.39, 0.29) is 31.9 Å². The van der Waals surface area contributed by atoms with Crippen LogP contribution in [0, 0.1) is 19.0 Å². The number of hydrogen-bond donors (Lipinski definition) is 0. The number of aryl methyl sites for hydroxylation is 1. The van der Waals surface area contributed by atoms with Crippen LogP contribution in [0.4, 0.5) is 0 Å². The minimum Gasteiger partial charge on any atom is -0.333 e. The molecule has 0 saturated carbocycles. The molecule has 0 unspecified atom stereocenters. The summed E-state index contributed by atoms with van der Waals surface area (Å²) in [6.45, 7) is 16.0. The first-order valence-electron chi connectivity index (χ1n) is 26.8. The first-order valence-corrected chi connectivity index (χ1v) is 26.1. The zero-order valence-corrected chi connectivity index (χ0v) is 45.8. The summed E-state index contributed by atoms with van der Waals surface area (Å²) in [5.74, 6) is 3.21. The van der Waals surface area contributed by atoms with E-state index >= 15 is 0 Å². The zero-order valence-electron chi connectivity index (χ0n) is 45.6. The van der Waals surface area contributed by atoms with Crippen LogP contribution in [0.15, 0.2) is 176 Å². The van der Waals surface area contributed by atoms with E-state index in [1.807, 2.05) is 30.3 Å². The standard InChI is InChI=1S/C42H35N2S.C25H25N2.Ir/c1-25(2)34-22-31(28-12-7-6-8-13-28)23-35(26(3)4)40(34)44-38-17-10-9-16-37(38)43-42(44)33-15-11-14-32-36-21-29-19-18-27(5)20-30(29)24-39(36)45-41(32)33;1-17(2)20-13-10-14-21(18(3)4)24(20)27-23-16-9-8-15-22(23)26-25(27)19-11-6-5-7-12-19;/h6-14,16-26H,1-5H3;5-11,13-18H,1-4H3;/q2*-1;/i5D3;;. The molecule has 4 nitrogen and oxygen atoms in total. The molecule has 3 heterocycles. The number of imidazole rings is 2. The summed E-state index contributed by atoms with van der Waals surface area (Å²) in [5.41, 5.74) is 16.7. The Morgan fingerprint density at radius 2 is 1.07 bits per heavy atom. The minimum atomic E-state index is -2.15. The van der Waals surface area contributed by atoms with Gasteiger partial charge in [0, 0.05) is 40.3 Å². The maximum absolute atomic E-state index is 7.92. The Labute approximate surface area is 452 Å². The summed E-state index contributed by atoms with van der Waals surface area (Å²) in [7, 11) is 0. The number of para-hydroxylation sites is 5. The van der Waals surface area contributed by atoms with Crippen molar-refractivity contribution in [1.29, 1.82) is 0 Å². The third-order valence-electron chi connectivity index (χ3n) is 14.0. The maximum atomic E-state index is 7.92. The van der Waals surface area contributed by atoms with Crippen LogP contribution in [0.2, 0.25) is 0 Å². The van der Waals surface area contributed by atoms with Crippen LogP contribution in [-0.4, -0.2) is 19.1 Å². The summed E-state index contributed by atoms with van der Waals surface area (Å²) in [4.78, 5) is 10.3. The Bertz CT molecular complexity index is 4020. The molecule has 0 aliphatic heterocycles. The van der Waals surface area contributed by atoms with E-state index in [2.05, 4.69) is 210 Å². The van der Waals surface area contributed by atoms with Gasteiger partial charge < -0.3 is 9.13 Å². The molecule has 0 fully saturated rings. The molecule has 3 aromatic heterocycles. The molecule has 0 spiro atoms. The second-order valence-corrected chi connectivity index (χ2v) is 21.2. The van der Waals surface area contributed by atoms with E-state index in [1.165, 1.54) is 44.8 Å². The van der Waals surface area contributed by atoms with Gasteiger partial charge in [-0.3, -0.25) is 9.97 Å². The van der Waals surface area contributed by atoms with Crippen molar-refractivity contribution in [2.45, 2.75) is 85.9 Å². The van der Waals surface area contributed by atoms with E-state index in [0.717, 1.165) is 75.8 Å². The number of hydrogen-bond acceptors (Lipinski definition) is 3. The smallest absolute Gasteiger partial charge is 0.0774 e. The summed E-state index contributed by atoms with van der Waals surface area (Å²) in [6, 6.07) is 67.9. The van der Waals surface area contributed by atoms with Crippen LogP contribution < -0.4 is 0 Å². The molecule has 12 aromatic rings. The van der Waals surface area contributed by atoms with Crippen LogP contribution in [0.5, 0.6) is 0 Å². The Hall–Kier alpha value is -6.95. The summed E-state index contributed by atoms with van der Waals surface area (Å²) >= 11 is 1.72. The van der Waals surface area contributed by atoms with Crippen molar-refractivity contribution in [1.82, 2.24) is 19.1 Å². The van der Waals surface area contributed by atoms with Crippen LogP contribution in [0.1, 0.15) is 111 Å². The molecule has 73 heavy (non-hydrogen) atoms. The van der Waals surface area contributed by atoms with Gasteiger partial charge in [-0.15, -0.1) is 54.1 Å². The predicted molar refractivity (Wildman–Crippen MR) is 308 cm³/mol. The van der Waals surface area contributed by atoms with Gasteiger partial charge in [-0.05, 0) is 133 Å². The Morgan fingerprint density at radius 3 is 1.68 bits per heavy atom. The zero-order chi connectivity index (χ0) is 52.3. The molecule has 0 N–H and O–H groups in total. The van der Waals surface area contributed by atoms with Crippen molar-refractivity contribution in [3.05, 3.63) is 216 Å². The Balaban J connectivity index is 0.000000199. The molecule has 0 amide bonds. The second kappa shape index (κ2) is 20.5. The summed E-state index contributed by atoms with van der Waals surface area (Å²) in [6.07, 6.45) is 0. The molecule has 0 aliphatic rings. The molecular weight excluding hydrogens is 1090 g/mol. The second-order valence-electron chi connectivity index (χ2n) is 20.2. The monoisotopic (exact) mass is 1150 g/mol. The largest absolute Gasteiger partial charge is 0.333 e. The molecule has 9 aromatic carbocycles. The van der Waals surface area contributed by atoms with Crippen molar-refractivity contribution in [2.75, 3.05) is 0 Å². The number of thiophene rings is 1. The first kappa shape index (κ1) is 45.9. The number of rotatable bonds is 9. The van der Waals surface area contributed by atoms with Gasteiger partial charge in [-0.1, -0.05) is 163 Å². The topological polar surface area (TPSA) is 35.6 Å². The molecule has 1 radical (unpaired) electrons. The predicted octanol–water partition coefficient (Wildman–Crippen LogP) is 19.0. The average Bonchev–Trinajstić information content (AvgIpc) is 4.15. The molecule has 0 saturated heterocycles. The van der Waals surface area contributed by atoms with Gasteiger partial charge in [0.15, 0.2) is 0 Å². The van der Waals surface area contributed by atoms with Crippen LogP contribution >= 0.6 is 11.3 Å². The van der Waals surface area contributed by atoms with Crippen molar-refractivity contribution >= 4 is 64.3 Å². The van der Waals surface area contributed by atoms with Gasteiger partial charge in [-0.25, -0.2) is 0 Å². The van der Waals surface area contributed by atoms with Crippen LogP contribution in [-0.2, 0) is 20.1 Å². The number of benzene rings is 9. The SMILES string of the molecule is CC(C)c1cccc(C(C)C)c1-n1c(-c2[c-]cccc2)nc2ccccc21.[2H]C([2H])([2H])c1ccc2cc3c(cc2c1)sc1c(-c2nc4ccccc4n2-c2c(C(C)C)cc(-c4ccccc4)cc2C(C)C)[c-]ccc13.[Ir]. The molecule has 12 rings (SSSR count). The van der Waals surface area contributed by atoms with Gasteiger partial charge in [0.2, 0.25) is 0 Å². The fraction of sp³-hybridized carbons (Fsp3) is 0.194. The van der Waals surface area contributed by atoms with Crippen molar-refractivity contribution in [2.24, 2.45) is 0 Å². The molecule has 0 atom stereocenters. The van der Waals surface area contributed by atoms with E-state index in [4.69, 9.17) is 14.1 Å². The van der Waals surface area contributed by atoms with Crippen molar-refractivity contribution in [3.8, 4) is 45.3 Å². The van der Waals surface area contributed by atoms with Crippen LogP contribution in [0.25, 0.3) is 98.3 Å². The average molecular weight is 1150 g/mol. The van der Waals surface area contributed by atoms with E-state index in [0.29, 0.717) is 17.4 Å². The van der Waals surface area contributed by atoms with E-state index in [9.17, 15) is 0 Å². The minimum absolute atomic E-state index is 0. The quantitative estimate of drug-likeness (QED) is 0.135. The number of nitrogens with zero attached hydrogens (tertiary/aromatic N) is 4. The molecular formula is C67H60IrN4S-2. The summed E-state index contributed by atoms with van der Waals surface area (Å²) < 4.78 is 30.7. The molecule has 365 valence electrons. The maximum Gasteiger partial charge on any atom is 0.0774 e. The fourth-order valence-corrected chi connectivity index (χ4v) is 11.6. The van der Waals surface area contributed by atoms with E-state index < -0.39 is 6.85 Å². The Kier molecular flexibility index (Phi) is 12.9. The molecule has 0 bridgehead atoms. The normalized spacial score (nSPS) is 12.5. The van der Waals surface area contributed by atoms with E-state index in [1.54, 1.807) is 23.5 Å². The van der Waals surface area contributed by atoms with Gasteiger partial charge >= 0.3 is 0 Å². The van der Waals surface area contributed by atoms with Gasteiger partial charge in [0.1, 0.15) is 0 Å². The molecule has 0 aliphatic carbocycles. The third kappa shape index (κ3) is 9.16. The summed E-state index contributed by atoms with van der Waals surface area (Å²) in [5, 5.41) is 4.26. The van der Waals surface area contributed by atoms with Gasteiger partial charge in [0.05, 0.1) is 33.7 Å². The van der Waals surface area contributed by atoms with Gasteiger partial charge in [0.25, 0.3) is 0 Å².